The van der Waals surface area contributed by atoms with Gasteiger partial charge in [-0.15, -0.1) is 0 Å². The van der Waals surface area contributed by atoms with E-state index in [0.29, 0.717) is 18.7 Å². The molecule has 1 amide bonds. The van der Waals surface area contributed by atoms with Gasteiger partial charge in [-0.2, -0.15) is 0 Å². The Balaban J connectivity index is 1.75. The summed E-state index contributed by atoms with van der Waals surface area (Å²) in [6.07, 6.45) is -0.452. The summed E-state index contributed by atoms with van der Waals surface area (Å²) in [5.74, 6) is 0.743. The summed E-state index contributed by atoms with van der Waals surface area (Å²) in [5.41, 5.74) is 5.51. The van der Waals surface area contributed by atoms with Crippen LogP contribution in [-0.4, -0.2) is 31.1 Å². The number of rotatable bonds is 5. The van der Waals surface area contributed by atoms with E-state index in [0.717, 1.165) is 10.2 Å². The van der Waals surface area contributed by atoms with Crippen LogP contribution in [0.5, 0.6) is 5.75 Å². The highest BCUT2D eigenvalue weighted by Gasteiger charge is 2.22. The zero-order chi connectivity index (χ0) is 13.7. The van der Waals surface area contributed by atoms with E-state index in [1.807, 2.05) is 24.3 Å². The molecule has 2 rings (SSSR count). The second kappa shape index (κ2) is 6.42. The van der Waals surface area contributed by atoms with Gasteiger partial charge in [0.15, 0.2) is 6.10 Å². The molecule has 0 bridgehead atoms. The molecule has 102 valence electrons. The molecule has 0 saturated heterocycles. The largest absolute Gasteiger partial charge is 0.488 e. The molecule has 1 aliphatic rings. The van der Waals surface area contributed by atoms with E-state index in [1.54, 1.807) is 0 Å². The van der Waals surface area contributed by atoms with Gasteiger partial charge in [-0.05, 0) is 28.1 Å². The summed E-state index contributed by atoms with van der Waals surface area (Å²) in [5, 5.41) is 3.82. The summed E-state index contributed by atoms with van der Waals surface area (Å²) in [6.45, 7) is 0.424. The molecule has 0 aromatic heterocycles. The van der Waals surface area contributed by atoms with Crippen LogP contribution in [0.3, 0.4) is 0 Å². The molecule has 1 atom stereocenters. The second-order valence-corrected chi connectivity index (χ2v) is 4.79. The van der Waals surface area contributed by atoms with E-state index in [1.165, 1.54) is 0 Å². The zero-order valence-electron chi connectivity index (χ0n) is 10.0. The highest BCUT2D eigenvalue weighted by Crippen LogP contribution is 2.24. The van der Waals surface area contributed by atoms with Gasteiger partial charge in [0.1, 0.15) is 19.0 Å². The molecule has 1 aromatic rings. The Labute approximate surface area is 118 Å². The van der Waals surface area contributed by atoms with Gasteiger partial charge in [0, 0.05) is 6.42 Å². The first-order chi connectivity index (χ1) is 9.15. The second-order valence-electron chi connectivity index (χ2n) is 3.94. The van der Waals surface area contributed by atoms with Gasteiger partial charge in [0.25, 0.3) is 0 Å². The Morgan fingerprint density at radius 1 is 1.53 bits per heavy atom. The highest BCUT2D eigenvalue weighted by atomic mass is 79.9. The minimum atomic E-state index is -0.824. The maximum Gasteiger partial charge on any atom is 0.404 e. The maximum atomic E-state index is 10.5. The number of oxime groups is 1. The fourth-order valence-corrected chi connectivity index (χ4v) is 1.96. The Kier molecular flexibility index (Phi) is 4.62. The van der Waals surface area contributed by atoms with Crippen LogP contribution in [0.15, 0.2) is 33.9 Å². The number of nitrogens with zero attached hydrogens (tertiary/aromatic N) is 1. The van der Waals surface area contributed by atoms with Crippen molar-refractivity contribution in [1.29, 1.82) is 0 Å². The third-order valence-electron chi connectivity index (χ3n) is 2.44. The monoisotopic (exact) mass is 328 g/mol. The normalized spacial score (nSPS) is 17.5. The molecule has 1 unspecified atom stereocenters. The number of benzene rings is 1. The lowest BCUT2D eigenvalue weighted by Crippen LogP contribution is -2.21. The molecule has 1 heterocycles. The minimum absolute atomic E-state index is 0.0564. The Morgan fingerprint density at radius 2 is 2.32 bits per heavy atom. The van der Waals surface area contributed by atoms with Crippen LogP contribution >= 0.6 is 15.9 Å². The van der Waals surface area contributed by atoms with Gasteiger partial charge in [0.05, 0.1) is 10.2 Å². The highest BCUT2D eigenvalue weighted by molar-refractivity contribution is 9.10. The number of carbonyl (C=O) groups is 1. The Hall–Kier alpha value is -1.76. The molecule has 19 heavy (non-hydrogen) atoms. The average Bonchev–Trinajstić information content (AvgIpc) is 2.83. The van der Waals surface area contributed by atoms with Gasteiger partial charge in [-0.25, -0.2) is 4.79 Å². The van der Waals surface area contributed by atoms with Crippen molar-refractivity contribution in [1.82, 2.24) is 0 Å². The van der Waals surface area contributed by atoms with Crippen LogP contribution in [0.2, 0.25) is 0 Å². The first kappa shape index (κ1) is 13.7. The number of para-hydroxylation sites is 1. The molecule has 7 heteroatoms. The molecule has 0 radical (unpaired) electrons. The number of hydrogen-bond acceptors (Lipinski definition) is 5. The quantitative estimate of drug-likeness (QED) is 0.896. The van der Waals surface area contributed by atoms with E-state index < -0.39 is 6.09 Å². The molecule has 6 nitrogen and oxygen atoms in total. The van der Waals surface area contributed by atoms with Crippen molar-refractivity contribution in [3.05, 3.63) is 28.7 Å². The standard InChI is InChI=1S/C12H13BrN2O4/c13-10-3-1-2-4-11(10)17-7-9-5-8(15-19-9)6-18-12(14)16/h1-4,9H,5-7H2,(H2,14,16). The predicted molar refractivity (Wildman–Crippen MR) is 72.1 cm³/mol. The van der Waals surface area contributed by atoms with Crippen LogP contribution < -0.4 is 10.5 Å². The minimum Gasteiger partial charge on any atom is -0.488 e. The van der Waals surface area contributed by atoms with Crippen molar-refractivity contribution in [2.75, 3.05) is 13.2 Å². The number of nitrogens with two attached hydrogens (primary N) is 1. The molecule has 2 N–H and O–H groups in total. The lowest BCUT2D eigenvalue weighted by atomic mass is 10.2. The summed E-state index contributed by atoms with van der Waals surface area (Å²) in [7, 11) is 0. The van der Waals surface area contributed by atoms with Gasteiger partial charge in [-0.3, -0.25) is 0 Å². The van der Waals surface area contributed by atoms with Gasteiger partial charge < -0.3 is 20.0 Å². The zero-order valence-corrected chi connectivity index (χ0v) is 11.6. The molecule has 1 aliphatic heterocycles. The van der Waals surface area contributed by atoms with Gasteiger partial charge >= 0.3 is 6.09 Å². The van der Waals surface area contributed by atoms with E-state index in [4.69, 9.17) is 15.3 Å². The van der Waals surface area contributed by atoms with Crippen LogP contribution in [-0.2, 0) is 9.57 Å². The summed E-state index contributed by atoms with van der Waals surface area (Å²) >= 11 is 3.39. The summed E-state index contributed by atoms with van der Waals surface area (Å²) in [6, 6.07) is 7.55. The number of ether oxygens (including phenoxy) is 2. The smallest absolute Gasteiger partial charge is 0.404 e. The maximum absolute atomic E-state index is 10.5. The third kappa shape index (κ3) is 4.13. The van der Waals surface area contributed by atoms with Crippen molar-refractivity contribution in [2.45, 2.75) is 12.5 Å². The summed E-state index contributed by atoms with van der Waals surface area (Å²) in [4.78, 5) is 15.6. The lowest BCUT2D eigenvalue weighted by molar-refractivity contribution is 0.0468. The number of amides is 1. The molecule has 0 aliphatic carbocycles. The Morgan fingerprint density at radius 3 is 3.05 bits per heavy atom. The van der Waals surface area contributed by atoms with Gasteiger partial charge in [0.2, 0.25) is 0 Å². The predicted octanol–water partition coefficient (Wildman–Crippen LogP) is 2.07. The first-order valence-corrected chi connectivity index (χ1v) is 6.45. The van der Waals surface area contributed by atoms with Crippen molar-refractivity contribution in [2.24, 2.45) is 10.9 Å². The van der Waals surface area contributed by atoms with Crippen LogP contribution in [0, 0.1) is 0 Å². The fraction of sp³-hybridized carbons (Fsp3) is 0.333. The van der Waals surface area contributed by atoms with Crippen LogP contribution in [0.4, 0.5) is 4.79 Å². The summed E-state index contributed by atoms with van der Waals surface area (Å²) < 4.78 is 11.1. The van der Waals surface area contributed by atoms with Crippen molar-refractivity contribution in [3.8, 4) is 5.75 Å². The number of halogens is 1. The molecular weight excluding hydrogens is 316 g/mol. The number of carbonyl (C=O) groups excluding carboxylic acids is 1. The Bertz CT molecular complexity index is 492. The van der Waals surface area contributed by atoms with E-state index in [-0.39, 0.29) is 12.7 Å². The SMILES string of the molecule is NC(=O)OCC1=NOC(COc2ccccc2Br)C1. The van der Waals surface area contributed by atoms with Crippen molar-refractivity contribution >= 4 is 27.7 Å². The van der Waals surface area contributed by atoms with E-state index in [2.05, 4.69) is 25.8 Å². The molecule has 0 saturated carbocycles. The molecule has 0 spiro atoms. The fourth-order valence-electron chi connectivity index (χ4n) is 1.56. The third-order valence-corrected chi connectivity index (χ3v) is 3.09. The van der Waals surface area contributed by atoms with Crippen molar-refractivity contribution in [3.63, 3.8) is 0 Å². The number of hydrogen-bond donors (Lipinski definition) is 1. The topological polar surface area (TPSA) is 83.1 Å². The molecular formula is C12H13BrN2O4. The lowest BCUT2D eigenvalue weighted by Gasteiger charge is -2.11. The first-order valence-electron chi connectivity index (χ1n) is 5.66. The van der Waals surface area contributed by atoms with E-state index >= 15 is 0 Å². The number of primary amides is 1. The molecule has 0 fully saturated rings. The molecule has 1 aromatic carbocycles. The van der Waals surface area contributed by atoms with Crippen LogP contribution in [0.25, 0.3) is 0 Å². The van der Waals surface area contributed by atoms with Crippen molar-refractivity contribution < 1.29 is 19.1 Å². The van der Waals surface area contributed by atoms with E-state index in [9.17, 15) is 4.79 Å². The van der Waals surface area contributed by atoms with Crippen LogP contribution in [0.1, 0.15) is 6.42 Å². The average molecular weight is 329 g/mol. The van der Waals surface area contributed by atoms with Gasteiger partial charge in [-0.1, -0.05) is 17.3 Å².